The van der Waals surface area contributed by atoms with Crippen molar-refractivity contribution in [2.45, 2.75) is 19.3 Å². The highest BCUT2D eigenvalue weighted by atomic mass is 79.9. The molecule has 4 atom stereocenters. The number of ether oxygens (including phenoxy) is 1. The number of imide groups is 1. The van der Waals surface area contributed by atoms with Gasteiger partial charge < -0.3 is 4.74 Å². The average molecular weight is 499 g/mol. The highest BCUT2D eigenvalue weighted by molar-refractivity contribution is 9.10. The predicted octanol–water partition coefficient (Wildman–Crippen LogP) is 4.15. The third-order valence-electron chi connectivity index (χ3n) is 6.85. The maximum absolute atomic E-state index is 13.2. The van der Waals surface area contributed by atoms with Crippen molar-refractivity contribution in [3.05, 3.63) is 62.6 Å². The molecule has 2 bridgehead atoms. The monoisotopic (exact) mass is 498 g/mol. The van der Waals surface area contributed by atoms with Crippen molar-refractivity contribution in [1.29, 1.82) is 0 Å². The summed E-state index contributed by atoms with van der Waals surface area (Å²) in [6.07, 6.45) is 2.81. The molecule has 2 aromatic rings. The molecule has 2 amide bonds. The molecule has 0 unspecified atom stereocenters. The lowest BCUT2D eigenvalue weighted by Crippen LogP contribution is -2.33. The fourth-order valence-electron chi connectivity index (χ4n) is 5.43. The van der Waals surface area contributed by atoms with Gasteiger partial charge in [-0.15, -0.1) is 0 Å². The number of nitrogens with zero attached hydrogens (tertiary/aromatic N) is 2. The summed E-state index contributed by atoms with van der Waals surface area (Å²) in [6, 6.07) is 10.5. The van der Waals surface area contributed by atoms with E-state index in [0.29, 0.717) is 5.56 Å². The number of benzene rings is 2. The standard InChI is InChI=1S/C23H19BrN2O6/c24-15-5-3-12(4-6-15)18(27)11-32-19-10-16(26(30)31)7-8-17(19)25-22(28)20-13-1-2-14(9-13)21(20)23(25)29/h3-8,10,13-14,20-21H,1-2,9,11H2/t13-,14-,20+,21+/m0/s1. The van der Waals surface area contributed by atoms with E-state index in [1.54, 1.807) is 24.3 Å². The molecule has 1 aliphatic heterocycles. The topological polar surface area (TPSA) is 107 Å². The van der Waals surface area contributed by atoms with Crippen molar-refractivity contribution in [3.8, 4) is 5.75 Å². The number of carbonyl (C=O) groups is 3. The highest BCUT2D eigenvalue weighted by Gasteiger charge is 2.61. The number of carbonyl (C=O) groups excluding carboxylic acids is 3. The van der Waals surface area contributed by atoms with Crippen LogP contribution in [0.4, 0.5) is 11.4 Å². The first-order valence-corrected chi connectivity index (χ1v) is 11.2. The van der Waals surface area contributed by atoms with Crippen LogP contribution in [0.15, 0.2) is 46.9 Å². The fraction of sp³-hybridized carbons (Fsp3) is 0.348. The van der Waals surface area contributed by atoms with Crippen LogP contribution in [0.25, 0.3) is 0 Å². The zero-order chi connectivity index (χ0) is 22.6. The number of halogens is 1. The number of Topliss-reactive ketones (excluding diaryl/α,β-unsaturated/α-hetero) is 1. The van der Waals surface area contributed by atoms with Gasteiger partial charge in [0.25, 0.3) is 5.69 Å². The van der Waals surface area contributed by atoms with E-state index in [1.807, 2.05) is 0 Å². The number of ketones is 1. The number of rotatable bonds is 6. The van der Waals surface area contributed by atoms with E-state index in [9.17, 15) is 24.5 Å². The molecule has 9 heteroatoms. The van der Waals surface area contributed by atoms with Crippen molar-refractivity contribution >= 4 is 44.9 Å². The lowest BCUT2D eigenvalue weighted by atomic mass is 9.81. The van der Waals surface area contributed by atoms with Crippen LogP contribution in [0.1, 0.15) is 29.6 Å². The first kappa shape index (κ1) is 20.8. The van der Waals surface area contributed by atoms with E-state index in [4.69, 9.17) is 4.74 Å². The molecule has 1 heterocycles. The van der Waals surface area contributed by atoms with Gasteiger partial charge in [0.2, 0.25) is 11.8 Å². The number of fused-ring (bicyclic) bond motifs is 5. The third kappa shape index (κ3) is 3.31. The fourth-order valence-corrected chi connectivity index (χ4v) is 5.69. The van der Waals surface area contributed by atoms with Gasteiger partial charge in [-0.2, -0.15) is 0 Å². The zero-order valence-corrected chi connectivity index (χ0v) is 18.5. The maximum atomic E-state index is 13.2. The summed E-state index contributed by atoms with van der Waals surface area (Å²) in [5.41, 5.74) is 0.321. The van der Waals surface area contributed by atoms with Crippen LogP contribution in [0.2, 0.25) is 0 Å². The van der Waals surface area contributed by atoms with E-state index >= 15 is 0 Å². The van der Waals surface area contributed by atoms with Crippen LogP contribution in [-0.2, 0) is 9.59 Å². The number of anilines is 1. The number of non-ortho nitro benzene ring substituents is 1. The minimum atomic E-state index is -0.588. The Morgan fingerprint density at radius 3 is 2.28 bits per heavy atom. The van der Waals surface area contributed by atoms with Crippen molar-refractivity contribution in [3.63, 3.8) is 0 Å². The first-order valence-electron chi connectivity index (χ1n) is 10.4. The lowest BCUT2D eigenvalue weighted by Gasteiger charge is -2.20. The predicted molar refractivity (Wildman–Crippen MR) is 117 cm³/mol. The van der Waals surface area contributed by atoms with Gasteiger partial charge in [0.15, 0.2) is 18.1 Å². The number of nitro groups is 1. The Morgan fingerprint density at radius 1 is 1.06 bits per heavy atom. The van der Waals surface area contributed by atoms with Crippen LogP contribution in [0, 0.1) is 33.8 Å². The molecule has 32 heavy (non-hydrogen) atoms. The van der Waals surface area contributed by atoms with Gasteiger partial charge in [-0.05, 0) is 49.3 Å². The summed E-state index contributed by atoms with van der Waals surface area (Å²) in [4.78, 5) is 50.7. The molecular formula is C23H19BrN2O6. The van der Waals surface area contributed by atoms with Crippen LogP contribution in [0.3, 0.4) is 0 Å². The lowest BCUT2D eigenvalue weighted by molar-refractivity contribution is -0.384. The normalized spacial score (nSPS) is 25.8. The van der Waals surface area contributed by atoms with E-state index in [1.165, 1.54) is 12.1 Å². The summed E-state index contributed by atoms with van der Waals surface area (Å²) in [6.45, 7) is -0.385. The molecule has 8 nitrogen and oxygen atoms in total. The summed E-state index contributed by atoms with van der Waals surface area (Å²) in [5, 5.41) is 11.3. The Morgan fingerprint density at radius 2 is 1.69 bits per heavy atom. The van der Waals surface area contributed by atoms with E-state index in [-0.39, 0.29) is 65.0 Å². The summed E-state index contributed by atoms with van der Waals surface area (Å²) >= 11 is 3.31. The Kier molecular flexibility index (Phi) is 5.08. The van der Waals surface area contributed by atoms with E-state index < -0.39 is 4.92 Å². The Labute approximate surface area is 191 Å². The van der Waals surface area contributed by atoms with Crippen molar-refractivity contribution in [2.24, 2.45) is 23.7 Å². The minimum absolute atomic E-state index is 0.0290. The molecule has 2 saturated carbocycles. The Hall–Kier alpha value is -3.07. The maximum Gasteiger partial charge on any atom is 0.273 e. The van der Waals surface area contributed by atoms with Crippen molar-refractivity contribution in [2.75, 3.05) is 11.5 Å². The zero-order valence-electron chi connectivity index (χ0n) is 16.9. The number of hydrogen-bond acceptors (Lipinski definition) is 6. The second-order valence-corrected chi connectivity index (χ2v) is 9.44. The first-order chi connectivity index (χ1) is 15.3. The second kappa shape index (κ2) is 7.81. The molecule has 0 spiro atoms. The SMILES string of the molecule is O=C(COc1cc([N+](=O)[O-])ccc1N1C(=O)[C@@H]2[C@H]3CC[C@@H](C3)[C@H]2C1=O)c1ccc(Br)cc1. The minimum Gasteiger partial charge on any atom is -0.483 e. The molecule has 3 aliphatic rings. The largest absolute Gasteiger partial charge is 0.483 e. The van der Waals surface area contributed by atoms with Crippen LogP contribution >= 0.6 is 15.9 Å². The molecule has 3 fully saturated rings. The van der Waals surface area contributed by atoms with Gasteiger partial charge in [-0.25, -0.2) is 4.90 Å². The third-order valence-corrected chi connectivity index (χ3v) is 7.38. The van der Waals surface area contributed by atoms with Gasteiger partial charge in [-0.3, -0.25) is 24.5 Å². The van der Waals surface area contributed by atoms with Crippen molar-refractivity contribution in [1.82, 2.24) is 0 Å². The van der Waals surface area contributed by atoms with Gasteiger partial charge in [0, 0.05) is 16.1 Å². The number of hydrogen-bond donors (Lipinski definition) is 0. The van der Waals surface area contributed by atoms with E-state index in [2.05, 4.69) is 15.9 Å². The van der Waals surface area contributed by atoms with Crippen molar-refractivity contribution < 1.29 is 24.0 Å². The second-order valence-electron chi connectivity index (χ2n) is 8.52. The van der Waals surface area contributed by atoms with E-state index in [0.717, 1.165) is 34.7 Å². The summed E-state index contributed by atoms with van der Waals surface area (Å²) in [5.74, 6) is -1.12. The molecule has 0 radical (unpaired) electrons. The highest BCUT2D eigenvalue weighted by Crippen LogP contribution is 2.57. The molecule has 5 rings (SSSR count). The Bertz CT molecular complexity index is 1120. The molecule has 2 aliphatic carbocycles. The van der Waals surface area contributed by atoms with Gasteiger partial charge >= 0.3 is 0 Å². The van der Waals surface area contributed by atoms with Crippen LogP contribution < -0.4 is 9.64 Å². The quantitative estimate of drug-likeness (QED) is 0.256. The molecule has 1 saturated heterocycles. The summed E-state index contributed by atoms with van der Waals surface area (Å²) in [7, 11) is 0. The molecule has 0 N–H and O–H groups in total. The smallest absolute Gasteiger partial charge is 0.273 e. The molecular weight excluding hydrogens is 480 g/mol. The molecule has 2 aromatic carbocycles. The van der Waals surface area contributed by atoms with Crippen LogP contribution in [-0.4, -0.2) is 29.1 Å². The average Bonchev–Trinajstić information content (AvgIpc) is 3.46. The number of nitro benzene ring substituents is 1. The Balaban J connectivity index is 1.44. The number of amides is 2. The molecule has 0 aromatic heterocycles. The van der Waals surface area contributed by atoms with Crippen LogP contribution in [0.5, 0.6) is 5.75 Å². The molecule has 164 valence electrons. The van der Waals surface area contributed by atoms with Gasteiger partial charge in [0.1, 0.15) is 0 Å². The van der Waals surface area contributed by atoms with Gasteiger partial charge in [0.05, 0.1) is 28.5 Å². The summed E-state index contributed by atoms with van der Waals surface area (Å²) < 4.78 is 6.48. The van der Waals surface area contributed by atoms with Gasteiger partial charge in [-0.1, -0.05) is 28.1 Å².